The van der Waals surface area contributed by atoms with Crippen molar-refractivity contribution in [1.82, 2.24) is 20.0 Å². The first-order valence-corrected chi connectivity index (χ1v) is 10.1. The first-order chi connectivity index (χ1) is 14.1. The van der Waals surface area contributed by atoms with E-state index in [1.165, 1.54) is 5.56 Å². The van der Waals surface area contributed by atoms with Crippen molar-refractivity contribution in [3.63, 3.8) is 0 Å². The number of aliphatic imine (C=N–C) groups is 1. The summed E-state index contributed by atoms with van der Waals surface area (Å²) < 4.78 is 5.40. The van der Waals surface area contributed by atoms with Crippen molar-refractivity contribution in [2.45, 2.75) is 13.0 Å². The van der Waals surface area contributed by atoms with Crippen molar-refractivity contribution >= 4 is 35.8 Å². The smallest absolute Gasteiger partial charge is 0.243 e. The third-order valence-electron chi connectivity index (χ3n) is 5.02. The van der Waals surface area contributed by atoms with Crippen LogP contribution < -0.4 is 5.32 Å². The lowest BCUT2D eigenvalue weighted by molar-refractivity contribution is -0.127. The van der Waals surface area contributed by atoms with Crippen molar-refractivity contribution in [2.24, 2.45) is 4.99 Å². The summed E-state index contributed by atoms with van der Waals surface area (Å²) in [5.74, 6) is 1.73. The van der Waals surface area contributed by atoms with Crippen LogP contribution in [0.5, 0.6) is 0 Å². The zero-order valence-electron chi connectivity index (χ0n) is 17.8. The Labute approximate surface area is 196 Å². The fourth-order valence-corrected chi connectivity index (χ4v) is 3.26. The number of amides is 1. The monoisotopic (exact) mass is 525 g/mol. The van der Waals surface area contributed by atoms with E-state index in [9.17, 15) is 4.79 Å². The highest BCUT2D eigenvalue weighted by Crippen LogP contribution is 2.09. The molecule has 0 unspecified atom stereocenters. The SMILES string of the molecule is CN(C)C(=O)CN=C(NCCc1ccco1)N1CCN(Cc2ccccc2)CC1.I. The Hall–Kier alpha value is -2.07. The van der Waals surface area contributed by atoms with Gasteiger partial charge in [-0.2, -0.15) is 0 Å². The lowest BCUT2D eigenvalue weighted by Gasteiger charge is -2.36. The van der Waals surface area contributed by atoms with E-state index in [-0.39, 0.29) is 36.4 Å². The van der Waals surface area contributed by atoms with Crippen LogP contribution in [0.25, 0.3) is 0 Å². The number of guanidine groups is 1. The number of carbonyl (C=O) groups is 1. The van der Waals surface area contributed by atoms with Gasteiger partial charge in [-0.05, 0) is 17.7 Å². The van der Waals surface area contributed by atoms with E-state index in [2.05, 4.69) is 44.4 Å². The van der Waals surface area contributed by atoms with Crippen molar-refractivity contribution < 1.29 is 9.21 Å². The molecule has 0 saturated carbocycles. The molecule has 1 saturated heterocycles. The quantitative estimate of drug-likeness (QED) is 0.342. The van der Waals surface area contributed by atoms with Crippen LogP contribution in [0.3, 0.4) is 0 Å². The summed E-state index contributed by atoms with van der Waals surface area (Å²) in [4.78, 5) is 22.9. The summed E-state index contributed by atoms with van der Waals surface area (Å²) in [6.07, 6.45) is 2.47. The number of nitrogens with one attached hydrogen (secondary N) is 1. The van der Waals surface area contributed by atoms with Gasteiger partial charge in [-0.25, -0.2) is 4.99 Å². The van der Waals surface area contributed by atoms with Crippen molar-refractivity contribution in [3.05, 3.63) is 60.1 Å². The van der Waals surface area contributed by atoms with Gasteiger partial charge in [-0.1, -0.05) is 30.3 Å². The zero-order valence-corrected chi connectivity index (χ0v) is 20.1. The summed E-state index contributed by atoms with van der Waals surface area (Å²) in [6, 6.07) is 14.4. The van der Waals surface area contributed by atoms with Crippen LogP contribution >= 0.6 is 24.0 Å². The van der Waals surface area contributed by atoms with Gasteiger partial charge >= 0.3 is 0 Å². The highest BCUT2D eigenvalue weighted by molar-refractivity contribution is 14.0. The van der Waals surface area contributed by atoms with Gasteiger partial charge in [-0.15, -0.1) is 24.0 Å². The van der Waals surface area contributed by atoms with E-state index in [0.717, 1.165) is 50.9 Å². The molecule has 1 aliphatic heterocycles. The summed E-state index contributed by atoms with van der Waals surface area (Å²) in [5, 5.41) is 3.41. The van der Waals surface area contributed by atoms with Crippen molar-refractivity contribution in [2.75, 3.05) is 53.4 Å². The van der Waals surface area contributed by atoms with Crippen LogP contribution in [-0.2, 0) is 17.8 Å². The van der Waals surface area contributed by atoms with Crippen LogP contribution in [-0.4, -0.2) is 79.9 Å². The Kier molecular flexibility index (Phi) is 10.2. The van der Waals surface area contributed by atoms with Gasteiger partial charge in [0.25, 0.3) is 0 Å². The number of likely N-dealkylation sites (N-methyl/N-ethyl adjacent to an activating group) is 1. The Bertz CT molecular complexity index is 772. The Balaban J connectivity index is 0.00000320. The van der Waals surface area contributed by atoms with Crippen molar-refractivity contribution in [3.8, 4) is 0 Å². The van der Waals surface area contributed by atoms with Crippen LogP contribution in [0.1, 0.15) is 11.3 Å². The molecule has 1 aliphatic rings. The van der Waals surface area contributed by atoms with Crippen LogP contribution in [0.15, 0.2) is 58.1 Å². The van der Waals surface area contributed by atoms with E-state index in [1.807, 2.05) is 18.2 Å². The molecule has 0 aliphatic carbocycles. The van der Waals surface area contributed by atoms with Crippen molar-refractivity contribution in [1.29, 1.82) is 0 Å². The molecule has 164 valence electrons. The summed E-state index contributed by atoms with van der Waals surface area (Å²) in [5.41, 5.74) is 1.34. The average Bonchev–Trinajstić information content (AvgIpc) is 3.25. The second kappa shape index (κ2) is 12.6. The minimum atomic E-state index is -0.00181. The fraction of sp³-hybridized carbons (Fsp3) is 0.455. The molecule has 8 heteroatoms. The first kappa shape index (κ1) is 24.2. The van der Waals surface area contributed by atoms with E-state index in [0.29, 0.717) is 6.54 Å². The van der Waals surface area contributed by atoms with Gasteiger partial charge in [0.2, 0.25) is 5.91 Å². The summed E-state index contributed by atoms with van der Waals surface area (Å²) >= 11 is 0. The third kappa shape index (κ3) is 7.64. The van der Waals surface area contributed by atoms with E-state index in [1.54, 1.807) is 25.3 Å². The standard InChI is InChI=1S/C22H31N5O2.HI/c1-25(2)21(28)17-24-22(23-11-10-20-9-6-16-29-20)27-14-12-26(13-15-27)18-19-7-4-3-5-8-19;/h3-9,16H,10-15,17-18H2,1-2H3,(H,23,24);1H. The summed E-state index contributed by atoms with van der Waals surface area (Å²) in [6.45, 7) is 5.54. The zero-order chi connectivity index (χ0) is 20.5. The van der Waals surface area contributed by atoms with Gasteiger partial charge in [-0.3, -0.25) is 9.69 Å². The van der Waals surface area contributed by atoms with Gasteiger partial charge in [0.15, 0.2) is 5.96 Å². The second-order valence-electron chi connectivity index (χ2n) is 7.43. The number of piperazine rings is 1. The lowest BCUT2D eigenvalue weighted by Crippen LogP contribution is -2.52. The topological polar surface area (TPSA) is 64.3 Å². The number of halogens is 1. The molecule has 3 rings (SSSR count). The van der Waals surface area contributed by atoms with E-state index in [4.69, 9.17) is 4.42 Å². The molecule has 0 atom stereocenters. The Morgan fingerprint density at radius 2 is 1.83 bits per heavy atom. The van der Waals surface area contributed by atoms with Gasteiger partial charge in [0.05, 0.1) is 6.26 Å². The average molecular weight is 525 g/mol. The maximum absolute atomic E-state index is 12.0. The third-order valence-corrected chi connectivity index (χ3v) is 5.02. The molecule has 0 bridgehead atoms. The molecule has 7 nitrogen and oxygen atoms in total. The lowest BCUT2D eigenvalue weighted by atomic mass is 10.2. The molecule has 2 aromatic rings. The van der Waals surface area contributed by atoms with Gasteiger partial charge in [0, 0.05) is 59.8 Å². The number of nitrogens with zero attached hydrogens (tertiary/aromatic N) is 4. The minimum absolute atomic E-state index is 0. The highest BCUT2D eigenvalue weighted by Gasteiger charge is 2.20. The second-order valence-corrected chi connectivity index (χ2v) is 7.43. The number of benzene rings is 1. The number of hydrogen-bond acceptors (Lipinski definition) is 4. The molecule has 0 spiro atoms. The molecule has 1 aromatic carbocycles. The number of furan rings is 1. The molecular formula is C22H32IN5O2. The van der Waals surface area contributed by atoms with Crippen LogP contribution in [0, 0.1) is 0 Å². The number of hydrogen-bond donors (Lipinski definition) is 1. The maximum Gasteiger partial charge on any atom is 0.243 e. The minimum Gasteiger partial charge on any atom is -0.469 e. The fourth-order valence-electron chi connectivity index (χ4n) is 3.26. The molecule has 1 amide bonds. The molecule has 1 aromatic heterocycles. The maximum atomic E-state index is 12.0. The molecule has 0 radical (unpaired) electrons. The van der Waals surface area contributed by atoms with E-state index >= 15 is 0 Å². The van der Waals surface area contributed by atoms with E-state index < -0.39 is 0 Å². The molecular weight excluding hydrogens is 493 g/mol. The molecule has 1 N–H and O–H groups in total. The number of carbonyl (C=O) groups excluding carboxylic acids is 1. The highest BCUT2D eigenvalue weighted by atomic mass is 127. The normalized spacial score (nSPS) is 14.9. The Morgan fingerprint density at radius 1 is 1.10 bits per heavy atom. The van der Waals surface area contributed by atoms with Gasteiger partial charge in [0.1, 0.15) is 12.3 Å². The summed E-state index contributed by atoms with van der Waals surface area (Å²) in [7, 11) is 3.51. The molecule has 1 fully saturated rings. The predicted molar refractivity (Wildman–Crippen MR) is 130 cm³/mol. The number of rotatable bonds is 7. The predicted octanol–water partition coefficient (Wildman–Crippen LogP) is 2.29. The van der Waals surface area contributed by atoms with Crippen LogP contribution in [0.4, 0.5) is 0 Å². The van der Waals surface area contributed by atoms with Gasteiger partial charge < -0.3 is 19.5 Å². The largest absolute Gasteiger partial charge is 0.469 e. The Morgan fingerprint density at radius 3 is 2.47 bits per heavy atom. The van der Waals surface area contributed by atoms with Crippen LogP contribution in [0.2, 0.25) is 0 Å². The first-order valence-electron chi connectivity index (χ1n) is 10.1. The molecule has 2 heterocycles. The molecule has 30 heavy (non-hydrogen) atoms.